The van der Waals surface area contributed by atoms with Crippen LogP contribution in [0.25, 0.3) is 0 Å². The average molecular weight is 403 g/mol. The van der Waals surface area contributed by atoms with Gasteiger partial charge in [0.2, 0.25) is 10.0 Å². The smallest absolute Gasteiger partial charge is 0.262 e. The second-order valence-corrected chi connectivity index (χ2v) is 8.87. The maximum Gasteiger partial charge on any atom is 0.262 e. The molecule has 1 aromatic carbocycles. The molecule has 2 aliphatic rings. The third-order valence-electron chi connectivity index (χ3n) is 5.36. The number of piperazine rings is 1. The summed E-state index contributed by atoms with van der Waals surface area (Å²) in [4.78, 5) is 28.3. The van der Waals surface area contributed by atoms with Crippen LogP contribution in [0.1, 0.15) is 26.4 Å². The number of nitrogens with zero attached hydrogens (tertiary/aromatic N) is 5. The number of amides is 2. The Bertz CT molecular complexity index is 1020. The number of hydrogen-bond acceptors (Lipinski definition) is 6. The maximum absolute atomic E-state index is 12.9. The summed E-state index contributed by atoms with van der Waals surface area (Å²) in [6.45, 7) is 3.34. The van der Waals surface area contributed by atoms with Gasteiger partial charge in [-0.3, -0.25) is 24.1 Å². The van der Waals surface area contributed by atoms with Gasteiger partial charge in [0, 0.05) is 33.2 Å². The molecule has 0 saturated carbocycles. The van der Waals surface area contributed by atoms with Gasteiger partial charge < -0.3 is 0 Å². The van der Waals surface area contributed by atoms with Crippen LogP contribution in [-0.4, -0.2) is 77.0 Å². The van der Waals surface area contributed by atoms with Crippen molar-refractivity contribution >= 4 is 21.8 Å². The van der Waals surface area contributed by atoms with E-state index in [0.717, 1.165) is 0 Å². The van der Waals surface area contributed by atoms with Crippen LogP contribution < -0.4 is 0 Å². The van der Waals surface area contributed by atoms with E-state index in [2.05, 4.69) is 5.10 Å². The summed E-state index contributed by atoms with van der Waals surface area (Å²) in [6.07, 6.45) is 1.37. The van der Waals surface area contributed by atoms with Crippen molar-refractivity contribution in [2.75, 3.05) is 32.8 Å². The van der Waals surface area contributed by atoms with Crippen molar-refractivity contribution in [1.29, 1.82) is 0 Å². The number of rotatable bonds is 4. The minimum absolute atomic E-state index is 0.159. The molecule has 1 aromatic heterocycles. The second-order valence-electron chi connectivity index (χ2n) is 6.97. The summed E-state index contributed by atoms with van der Waals surface area (Å²) < 4.78 is 28.7. The number of carbonyl (C=O) groups is 2. The Morgan fingerprint density at radius 1 is 1.00 bits per heavy atom. The summed E-state index contributed by atoms with van der Waals surface area (Å²) in [5.41, 5.74) is 1.43. The van der Waals surface area contributed by atoms with E-state index in [0.29, 0.717) is 43.0 Å². The summed E-state index contributed by atoms with van der Waals surface area (Å²) in [5.74, 6) is -0.608. The third kappa shape index (κ3) is 2.93. The first-order valence-electron chi connectivity index (χ1n) is 8.97. The summed E-state index contributed by atoms with van der Waals surface area (Å²) in [7, 11) is -1.91. The predicted octanol–water partition coefficient (Wildman–Crippen LogP) is 0.289. The number of hydrogen-bond donors (Lipinski definition) is 0. The van der Waals surface area contributed by atoms with Gasteiger partial charge in [-0.2, -0.15) is 9.40 Å². The normalized spacial score (nSPS) is 18.7. The highest BCUT2D eigenvalue weighted by atomic mass is 32.2. The Kier molecular flexibility index (Phi) is 4.56. The number of imide groups is 1. The molecule has 10 heteroatoms. The quantitative estimate of drug-likeness (QED) is 0.681. The topological polar surface area (TPSA) is 95.8 Å². The van der Waals surface area contributed by atoms with Crippen molar-refractivity contribution in [3.8, 4) is 0 Å². The molecule has 1 saturated heterocycles. The fourth-order valence-corrected chi connectivity index (χ4v) is 5.16. The number of sulfonamides is 1. The Labute approximate surface area is 163 Å². The molecule has 28 heavy (non-hydrogen) atoms. The fraction of sp³-hybridized carbons (Fsp3) is 0.389. The predicted molar refractivity (Wildman–Crippen MR) is 100 cm³/mol. The van der Waals surface area contributed by atoms with E-state index in [1.165, 1.54) is 20.1 Å². The molecule has 9 nitrogen and oxygen atoms in total. The van der Waals surface area contributed by atoms with Gasteiger partial charge in [0.1, 0.15) is 4.90 Å². The molecule has 0 aliphatic carbocycles. The van der Waals surface area contributed by atoms with Gasteiger partial charge in [-0.15, -0.1) is 0 Å². The van der Waals surface area contributed by atoms with Crippen molar-refractivity contribution < 1.29 is 18.0 Å². The molecule has 2 aliphatic heterocycles. The van der Waals surface area contributed by atoms with E-state index in [1.54, 1.807) is 38.2 Å². The lowest BCUT2D eigenvalue weighted by Gasteiger charge is -2.35. The van der Waals surface area contributed by atoms with Crippen molar-refractivity contribution in [2.45, 2.75) is 11.8 Å². The molecule has 0 radical (unpaired) electrons. The van der Waals surface area contributed by atoms with E-state index in [-0.39, 0.29) is 23.4 Å². The van der Waals surface area contributed by atoms with Crippen LogP contribution in [0.5, 0.6) is 0 Å². The van der Waals surface area contributed by atoms with Gasteiger partial charge in [-0.1, -0.05) is 12.1 Å². The first-order chi connectivity index (χ1) is 13.3. The van der Waals surface area contributed by atoms with Gasteiger partial charge in [0.25, 0.3) is 11.8 Å². The zero-order valence-corrected chi connectivity index (χ0v) is 16.5. The lowest BCUT2D eigenvalue weighted by molar-refractivity contribution is 0.0500. The number of aryl methyl sites for hydroxylation is 1. The molecule has 0 bridgehead atoms. The van der Waals surface area contributed by atoms with Crippen molar-refractivity contribution in [3.05, 3.63) is 47.3 Å². The molecule has 1 fully saturated rings. The van der Waals surface area contributed by atoms with Crippen molar-refractivity contribution in [2.24, 2.45) is 7.05 Å². The Hall–Kier alpha value is -2.56. The molecule has 2 amide bonds. The summed E-state index contributed by atoms with van der Waals surface area (Å²) in [6, 6.07) is 6.77. The van der Waals surface area contributed by atoms with Crippen LogP contribution in [0.3, 0.4) is 0 Å². The molecule has 2 aromatic rings. The molecule has 0 spiro atoms. The van der Waals surface area contributed by atoms with E-state index in [4.69, 9.17) is 0 Å². The SMILES string of the molecule is Cc1c(S(=O)(=O)N2CCN(CN3C(=O)c4ccccc4C3=O)CC2)cnn1C. The fourth-order valence-electron chi connectivity index (χ4n) is 3.55. The monoisotopic (exact) mass is 403 g/mol. The Morgan fingerprint density at radius 3 is 2.07 bits per heavy atom. The van der Waals surface area contributed by atoms with Crippen LogP contribution in [-0.2, 0) is 17.1 Å². The van der Waals surface area contributed by atoms with Gasteiger partial charge in [0.05, 0.1) is 29.7 Å². The summed E-state index contributed by atoms with van der Waals surface area (Å²) in [5, 5.41) is 4.02. The molecular weight excluding hydrogens is 382 g/mol. The average Bonchev–Trinajstić information content (AvgIpc) is 3.15. The van der Waals surface area contributed by atoms with Crippen LogP contribution >= 0.6 is 0 Å². The van der Waals surface area contributed by atoms with E-state index in [1.807, 2.05) is 4.90 Å². The lowest BCUT2D eigenvalue weighted by atomic mass is 10.1. The number of fused-ring (bicyclic) bond motifs is 1. The van der Waals surface area contributed by atoms with Gasteiger partial charge in [-0.05, 0) is 19.1 Å². The molecule has 148 valence electrons. The molecule has 3 heterocycles. The van der Waals surface area contributed by atoms with Crippen LogP contribution in [0.2, 0.25) is 0 Å². The highest BCUT2D eigenvalue weighted by Gasteiger charge is 2.37. The zero-order valence-electron chi connectivity index (χ0n) is 15.7. The summed E-state index contributed by atoms with van der Waals surface area (Å²) >= 11 is 0. The first-order valence-corrected chi connectivity index (χ1v) is 10.4. The molecule has 0 atom stereocenters. The first kappa shape index (κ1) is 18.8. The van der Waals surface area contributed by atoms with Crippen LogP contribution in [0.4, 0.5) is 0 Å². The van der Waals surface area contributed by atoms with Crippen LogP contribution in [0.15, 0.2) is 35.4 Å². The van der Waals surface area contributed by atoms with Gasteiger partial charge in [0.15, 0.2) is 0 Å². The maximum atomic E-state index is 12.9. The molecule has 0 unspecified atom stereocenters. The van der Waals surface area contributed by atoms with E-state index < -0.39 is 10.0 Å². The highest BCUT2D eigenvalue weighted by Crippen LogP contribution is 2.24. The highest BCUT2D eigenvalue weighted by molar-refractivity contribution is 7.89. The molecule has 0 N–H and O–H groups in total. The number of aromatic nitrogens is 2. The second kappa shape index (κ2) is 6.80. The van der Waals surface area contributed by atoms with Crippen molar-refractivity contribution in [1.82, 2.24) is 23.9 Å². The van der Waals surface area contributed by atoms with Gasteiger partial charge in [-0.25, -0.2) is 8.42 Å². The van der Waals surface area contributed by atoms with Crippen molar-refractivity contribution in [3.63, 3.8) is 0 Å². The van der Waals surface area contributed by atoms with E-state index in [9.17, 15) is 18.0 Å². The van der Waals surface area contributed by atoms with E-state index >= 15 is 0 Å². The largest absolute Gasteiger partial charge is 0.283 e. The molecule has 4 rings (SSSR count). The Morgan fingerprint density at radius 2 is 1.57 bits per heavy atom. The number of carbonyl (C=O) groups excluding carboxylic acids is 2. The minimum atomic E-state index is -3.61. The standard InChI is InChI=1S/C18H21N5O4S/c1-13-16(11-19-20(13)2)28(26,27)22-9-7-21(8-10-22)12-23-17(24)14-5-3-4-6-15(14)18(23)25/h3-6,11H,7-10,12H2,1-2H3. The zero-order chi connectivity index (χ0) is 20.1. The molecular formula is C18H21N5O4S. The van der Waals surface area contributed by atoms with Gasteiger partial charge >= 0.3 is 0 Å². The van der Waals surface area contributed by atoms with Crippen LogP contribution in [0, 0.1) is 6.92 Å². The minimum Gasteiger partial charge on any atom is -0.283 e. The Balaban J connectivity index is 1.42. The lowest BCUT2D eigenvalue weighted by Crippen LogP contribution is -2.52. The third-order valence-corrected chi connectivity index (χ3v) is 7.36. The number of benzene rings is 1.